The second-order valence-corrected chi connectivity index (χ2v) is 7.45. The van der Waals surface area contributed by atoms with Crippen molar-refractivity contribution in [3.63, 3.8) is 0 Å². The second-order valence-electron chi connectivity index (χ2n) is 7.45. The molecule has 0 aromatic carbocycles. The van der Waals surface area contributed by atoms with E-state index in [-0.39, 0.29) is 5.60 Å². The summed E-state index contributed by atoms with van der Waals surface area (Å²) in [6.07, 6.45) is 16.1. The van der Waals surface area contributed by atoms with E-state index < -0.39 is 0 Å². The molecule has 0 aliphatic heterocycles. The van der Waals surface area contributed by atoms with Gasteiger partial charge in [0.1, 0.15) is 0 Å². The van der Waals surface area contributed by atoms with Crippen LogP contribution in [0.15, 0.2) is 0 Å². The van der Waals surface area contributed by atoms with Crippen LogP contribution >= 0.6 is 0 Å². The lowest BCUT2D eigenvalue weighted by Crippen LogP contribution is -2.46. The maximum atomic E-state index is 6.46. The van der Waals surface area contributed by atoms with E-state index in [0.717, 1.165) is 25.1 Å². The highest BCUT2D eigenvalue weighted by Gasteiger charge is 2.37. The van der Waals surface area contributed by atoms with Gasteiger partial charge in [0, 0.05) is 19.2 Å². The Hall–Kier alpha value is -0.0800. The molecule has 0 heterocycles. The van der Waals surface area contributed by atoms with Gasteiger partial charge in [0.25, 0.3) is 0 Å². The molecule has 0 radical (unpaired) electrons. The number of ether oxygens (including phenoxy) is 1. The number of nitrogens with one attached hydrogen (secondary N) is 1. The molecule has 2 heteroatoms. The summed E-state index contributed by atoms with van der Waals surface area (Å²) in [6.45, 7) is 6.70. The summed E-state index contributed by atoms with van der Waals surface area (Å²) >= 11 is 0. The normalized spacial score (nSPS) is 29.7. The minimum absolute atomic E-state index is 0.166. The van der Waals surface area contributed by atoms with E-state index in [1.54, 1.807) is 0 Å². The van der Waals surface area contributed by atoms with Gasteiger partial charge in [0.2, 0.25) is 0 Å². The molecule has 0 bridgehead atoms. The molecule has 0 atom stereocenters. The lowest BCUT2D eigenvalue weighted by atomic mass is 9.77. The smallest absolute Gasteiger partial charge is 0.0806 e. The van der Waals surface area contributed by atoms with Crippen LogP contribution in [0.25, 0.3) is 0 Å². The van der Waals surface area contributed by atoms with Crippen molar-refractivity contribution in [2.75, 3.05) is 13.2 Å². The fourth-order valence-corrected chi connectivity index (χ4v) is 3.60. The van der Waals surface area contributed by atoms with E-state index in [1.807, 2.05) is 0 Å². The highest BCUT2D eigenvalue weighted by atomic mass is 16.5. The van der Waals surface area contributed by atoms with E-state index >= 15 is 0 Å². The average Bonchev–Trinajstić information content (AvgIpc) is 3.34. The van der Waals surface area contributed by atoms with Crippen molar-refractivity contribution in [1.29, 1.82) is 0 Å². The van der Waals surface area contributed by atoms with Gasteiger partial charge in [-0.15, -0.1) is 0 Å². The number of rotatable bonds is 11. The van der Waals surface area contributed by atoms with Gasteiger partial charge in [-0.25, -0.2) is 0 Å². The molecule has 2 saturated carbocycles. The summed E-state index contributed by atoms with van der Waals surface area (Å²) in [6, 6.07) is 0.805. The quantitative estimate of drug-likeness (QED) is 0.538. The van der Waals surface area contributed by atoms with Crippen molar-refractivity contribution in [1.82, 2.24) is 5.32 Å². The summed E-state index contributed by atoms with van der Waals surface area (Å²) in [5.41, 5.74) is 0.166. The Balaban J connectivity index is 1.69. The highest BCUT2D eigenvalue weighted by molar-refractivity contribution is 4.92. The van der Waals surface area contributed by atoms with Gasteiger partial charge in [0.05, 0.1) is 5.60 Å². The number of hydrogen-bond acceptors (Lipinski definition) is 2. The molecule has 2 nitrogen and oxygen atoms in total. The lowest BCUT2D eigenvalue weighted by Gasteiger charge is -2.40. The van der Waals surface area contributed by atoms with Crippen LogP contribution in [0, 0.1) is 5.92 Å². The maximum absolute atomic E-state index is 6.46. The molecule has 0 saturated heterocycles. The zero-order valence-electron chi connectivity index (χ0n) is 14.5. The van der Waals surface area contributed by atoms with Crippen LogP contribution < -0.4 is 5.32 Å². The monoisotopic (exact) mass is 295 g/mol. The zero-order valence-corrected chi connectivity index (χ0v) is 14.5. The van der Waals surface area contributed by atoms with Crippen LogP contribution in [-0.2, 0) is 4.74 Å². The van der Waals surface area contributed by atoms with Gasteiger partial charge in [-0.05, 0) is 50.9 Å². The molecule has 0 unspecified atom stereocenters. The summed E-state index contributed by atoms with van der Waals surface area (Å²) in [5.74, 6) is 0.951. The third-order valence-electron chi connectivity index (χ3n) is 5.54. The minimum atomic E-state index is 0.166. The van der Waals surface area contributed by atoms with Gasteiger partial charge in [-0.1, -0.05) is 46.0 Å². The molecular formula is C19H37NO. The van der Waals surface area contributed by atoms with Crippen LogP contribution in [0.3, 0.4) is 0 Å². The Morgan fingerprint density at radius 2 is 1.67 bits per heavy atom. The largest absolute Gasteiger partial charge is 0.374 e. The van der Waals surface area contributed by atoms with Crippen LogP contribution in [0.4, 0.5) is 0 Å². The third kappa shape index (κ3) is 6.28. The Labute approximate surface area is 132 Å². The van der Waals surface area contributed by atoms with Gasteiger partial charge in [0.15, 0.2) is 0 Å². The highest BCUT2D eigenvalue weighted by Crippen LogP contribution is 2.36. The van der Waals surface area contributed by atoms with Crippen molar-refractivity contribution in [3.8, 4) is 0 Å². The molecule has 21 heavy (non-hydrogen) atoms. The minimum Gasteiger partial charge on any atom is -0.374 e. The topological polar surface area (TPSA) is 21.3 Å². The van der Waals surface area contributed by atoms with E-state index in [2.05, 4.69) is 19.2 Å². The lowest BCUT2D eigenvalue weighted by molar-refractivity contribution is -0.0779. The molecule has 124 valence electrons. The molecule has 1 N–H and O–H groups in total. The maximum Gasteiger partial charge on any atom is 0.0806 e. The Bertz CT molecular complexity index is 267. The third-order valence-corrected chi connectivity index (χ3v) is 5.54. The average molecular weight is 296 g/mol. The van der Waals surface area contributed by atoms with E-state index in [4.69, 9.17) is 4.74 Å². The number of unbranched alkanes of at least 4 members (excludes halogenated alkanes) is 4. The van der Waals surface area contributed by atoms with Gasteiger partial charge < -0.3 is 10.1 Å². The summed E-state index contributed by atoms with van der Waals surface area (Å²) in [7, 11) is 0. The first-order chi connectivity index (χ1) is 10.3. The van der Waals surface area contributed by atoms with Crippen LogP contribution in [0.1, 0.15) is 90.9 Å². The first kappa shape index (κ1) is 17.3. The van der Waals surface area contributed by atoms with Crippen molar-refractivity contribution in [3.05, 3.63) is 0 Å². The fourth-order valence-electron chi connectivity index (χ4n) is 3.60. The molecule has 0 aromatic rings. The van der Waals surface area contributed by atoms with Crippen LogP contribution in [-0.4, -0.2) is 24.8 Å². The number of hydrogen-bond donors (Lipinski definition) is 1. The molecule has 0 amide bonds. The zero-order chi connectivity index (χ0) is 15.0. The molecule has 2 fully saturated rings. The predicted octanol–water partition coefficient (Wildman–Crippen LogP) is 5.06. The van der Waals surface area contributed by atoms with Crippen molar-refractivity contribution < 1.29 is 4.74 Å². The van der Waals surface area contributed by atoms with Gasteiger partial charge >= 0.3 is 0 Å². The second kappa shape index (κ2) is 9.15. The molecular weight excluding hydrogens is 258 g/mol. The standard InChI is InChI=1S/C19H37NO/c1-3-5-6-7-8-15-21-19(16-20-18-9-10-18)13-11-17(4-2)12-14-19/h17-18,20H,3-16H2,1-2H3. The first-order valence-electron chi connectivity index (χ1n) is 9.65. The molecule has 2 rings (SSSR count). The van der Waals surface area contributed by atoms with Crippen LogP contribution in [0.5, 0.6) is 0 Å². The summed E-state index contributed by atoms with van der Waals surface area (Å²) in [5, 5.41) is 3.74. The SMILES string of the molecule is CCCCCCCOC1(CNC2CC2)CCC(CC)CC1. The van der Waals surface area contributed by atoms with Gasteiger partial charge in [-0.2, -0.15) is 0 Å². The summed E-state index contributed by atoms with van der Waals surface area (Å²) in [4.78, 5) is 0. The molecule has 2 aliphatic rings. The van der Waals surface area contributed by atoms with E-state index in [1.165, 1.54) is 77.0 Å². The van der Waals surface area contributed by atoms with E-state index in [9.17, 15) is 0 Å². The van der Waals surface area contributed by atoms with Crippen LogP contribution in [0.2, 0.25) is 0 Å². The Morgan fingerprint density at radius 3 is 2.29 bits per heavy atom. The molecule has 2 aliphatic carbocycles. The Morgan fingerprint density at radius 1 is 0.952 bits per heavy atom. The Kier molecular flexibility index (Phi) is 7.53. The summed E-state index contributed by atoms with van der Waals surface area (Å²) < 4.78 is 6.46. The first-order valence-corrected chi connectivity index (χ1v) is 9.65. The fraction of sp³-hybridized carbons (Fsp3) is 1.00. The van der Waals surface area contributed by atoms with Crippen molar-refractivity contribution in [2.24, 2.45) is 5.92 Å². The van der Waals surface area contributed by atoms with Crippen molar-refractivity contribution >= 4 is 0 Å². The van der Waals surface area contributed by atoms with Crippen molar-refractivity contribution in [2.45, 2.75) is 103 Å². The van der Waals surface area contributed by atoms with Gasteiger partial charge in [-0.3, -0.25) is 0 Å². The van der Waals surface area contributed by atoms with E-state index in [0.29, 0.717) is 0 Å². The predicted molar refractivity (Wildman–Crippen MR) is 90.7 cm³/mol. The molecule has 0 aromatic heterocycles. The molecule has 0 spiro atoms.